The SMILES string of the molecule is CC(=O)c1c(NCc2ccc(CC[C@@]3(O)CC[C@@]4(C)C(C[C@@H](O)C5C4C[C@H](O)[C@@]4(C)C5CC[C@@H]4C(C)CCC(=O)O)C3)cc2)cc(C)nc1C. The van der Waals surface area contributed by atoms with Gasteiger partial charge < -0.3 is 25.7 Å². The fourth-order valence-electron chi connectivity index (χ4n) is 11.8. The highest BCUT2D eigenvalue weighted by molar-refractivity contribution is 6.00. The number of nitrogens with one attached hydrogen (secondary N) is 1. The van der Waals surface area contributed by atoms with Gasteiger partial charge in [-0.05, 0) is 149 Å². The molecule has 1 aromatic carbocycles. The smallest absolute Gasteiger partial charge is 0.303 e. The molecule has 0 bridgehead atoms. The average molecular weight is 689 g/mol. The Bertz CT molecular complexity index is 1580. The summed E-state index contributed by atoms with van der Waals surface area (Å²) in [4.78, 5) is 28.0. The first-order valence-electron chi connectivity index (χ1n) is 19.2. The first-order chi connectivity index (χ1) is 23.6. The summed E-state index contributed by atoms with van der Waals surface area (Å²) >= 11 is 0. The Labute approximate surface area is 298 Å². The molecule has 1 heterocycles. The van der Waals surface area contributed by atoms with Crippen molar-refractivity contribution in [2.24, 2.45) is 46.3 Å². The summed E-state index contributed by atoms with van der Waals surface area (Å²) in [5, 5.41) is 48.4. The van der Waals surface area contributed by atoms with Crippen molar-refractivity contribution in [3.8, 4) is 0 Å². The molecule has 274 valence electrons. The lowest BCUT2D eigenvalue weighted by Crippen LogP contribution is -2.63. The highest BCUT2D eigenvalue weighted by atomic mass is 16.4. The van der Waals surface area contributed by atoms with E-state index in [1.54, 1.807) is 6.92 Å². The molecule has 4 aliphatic rings. The third-order valence-electron chi connectivity index (χ3n) is 14.6. The number of carboxylic acids is 1. The van der Waals surface area contributed by atoms with Crippen LogP contribution in [-0.2, 0) is 17.8 Å². The van der Waals surface area contributed by atoms with Crippen molar-refractivity contribution < 1.29 is 30.0 Å². The number of hydrogen-bond acceptors (Lipinski definition) is 7. The van der Waals surface area contributed by atoms with Gasteiger partial charge in [-0.15, -0.1) is 0 Å². The Hall–Kier alpha value is -2.81. The van der Waals surface area contributed by atoms with E-state index in [0.717, 1.165) is 54.7 Å². The molecule has 2 aromatic rings. The van der Waals surface area contributed by atoms with Crippen LogP contribution in [0.25, 0.3) is 0 Å². The van der Waals surface area contributed by atoms with Crippen molar-refractivity contribution in [2.75, 3.05) is 5.32 Å². The molecule has 8 heteroatoms. The lowest BCUT2D eigenvalue weighted by atomic mass is 9.42. The number of aromatic nitrogens is 1. The summed E-state index contributed by atoms with van der Waals surface area (Å²) in [6.07, 6.45) is 6.99. The molecule has 4 fully saturated rings. The van der Waals surface area contributed by atoms with Gasteiger partial charge in [0.2, 0.25) is 0 Å². The maximum absolute atomic E-state index is 12.2. The maximum atomic E-state index is 12.2. The molecule has 0 aliphatic heterocycles. The van der Waals surface area contributed by atoms with E-state index in [1.165, 1.54) is 5.56 Å². The van der Waals surface area contributed by atoms with Gasteiger partial charge in [-0.3, -0.25) is 14.6 Å². The van der Waals surface area contributed by atoms with Gasteiger partial charge in [0.05, 0.1) is 29.1 Å². The Morgan fingerprint density at radius 3 is 2.40 bits per heavy atom. The number of aryl methyl sites for hydroxylation is 3. The molecular weight excluding hydrogens is 628 g/mol. The van der Waals surface area contributed by atoms with Crippen LogP contribution in [0.3, 0.4) is 0 Å². The van der Waals surface area contributed by atoms with Crippen LogP contribution < -0.4 is 5.32 Å². The zero-order valence-electron chi connectivity index (χ0n) is 31.0. The molecule has 4 saturated carbocycles. The summed E-state index contributed by atoms with van der Waals surface area (Å²) in [5.41, 5.74) is 4.23. The number of nitrogens with zero attached hydrogens (tertiary/aromatic N) is 1. The van der Waals surface area contributed by atoms with Crippen LogP contribution >= 0.6 is 0 Å². The number of aliphatic hydroxyl groups excluding tert-OH is 2. The molecular formula is C42H60N2O6. The largest absolute Gasteiger partial charge is 0.481 e. The maximum Gasteiger partial charge on any atom is 0.303 e. The summed E-state index contributed by atoms with van der Waals surface area (Å²) < 4.78 is 0. The average Bonchev–Trinajstić information content (AvgIpc) is 3.41. The molecule has 6 rings (SSSR count). The number of aliphatic hydroxyl groups is 3. The molecule has 50 heavy (non-hydrogen) atoms. The molecule has 0 amide bonds. The van der Waals surface area contributed by atoms with Crippen molar-refractivity contribution in [1.82, 2.24) is 4.98 Å². The van der Waals surface area contributed by atoms with Crippen LogP contribution in [0.5, 0.6) is 0 Å². The monoisotopic (exact) mass is 688 g/mol. The van der Waals surface area contributed by atoms with E-state index < -0.39 is 23.8 Å². The number of aliphatic carboxylic acids is 1. The highest BCUT2D eigenvalue weighted by Crippen LogP contribution is 2.69. The van der Waals surface area contributed by atoms with Gasteiger partial charge >= 0.3 is 5.97 Å². The minimum atomic E-state index is -0.781. The predicted molar refractivity (Wildman–Crippen MR) is 195 cm³/mol. The lowest BCUT2D eigenvalue weighted by molar-refractivity contribution is -0.216. The molecule has 5 unspecified atom stereocenters. The Balaban J connectivity index is 1.08. The number of fused-ring (bicyclic) bond motifs is 5. The molecule has 5 N–H and O–H groups in total. The van der Waals surface area contributed by atoms with Crippen LogP contribution in [0.15, 0.2) is 30.3 Å². The van der Waals surface area contributed by atoms with E-state index in [0.29, 0.717) is 44.2 Å². The highest BCUT2D eigenvalue weighted by Gasteiger charge is 2.66. The van der Waals surface area contributed by atoms with Crippen LogP contribution in [0.4, 0.5) is 5.69 Å². The van der Waals surface area contributed by atoms with Gasteiger partial charge in [-0.1, -0.05) is 45.0 Å². The number of rotatable bonds is 11. The van der Waals surface area contributed by atoms with Gasteiger partial charge in [0, 0.05) is 24.3 Å². The van der Waals surface area contributed by atoms with E-state index in [2.05, 4.69) is 55.3 Å². The minimum absolute atomic E-state index is 0.000901. The quantitative estimate of drug-likeness (QED) is 0.155. The number of carbonyl (C=O) groups is 2. The number of anilines is 1. The minimum Gasteiger partial charge on any atom is -0.481 e. The van der Waals surface area contributed by atoms with Crippen LogP contribution in [0, 0.1) is 60.2 Å². The number of carbonyl (C=O) groups excluding carboxylic acids is 1. The van der Waals surface area contributed by atoms with E-state index in [9.17, 15) is 30.0 Å². The van der Waals surface area contributed by atoms with Crippen molar-refractivity contribution >= 4 is 17.4 Å². The molecule has 0 saturated heterocycles. The summed E-state index contributed by atoms with van der Waals surface area (Å²) in [7, 11) is 0. The molecule has 0 radical (unpaired) electrons. The lowest BCUT2D eigenvalue weighted by Gasteiger charge is -2.64. The van der Waals surface area contributed by atoms with Gasteiger partial charge in [0.1, 0.15) is 0 Å². The second-order valence-electron chi connectivity index (χ2n) is 17.4. The van der Waals surface area contributed by atoms with E-state index in [4.69, 9.17) is 0 Å². The van der Waals surface area contributed by atoms with E-state index in [1.807, 2.05) is 19.9 Å². The van der Waals surface area contributed by atoms with E-state index >= 15 is 0 Å². The number of hydrogen-bond donors (Lipinski definition) is 5. The van der Waals surface area contributed by atoms with Gasteiger partial charge in [-0.25, -0.2) is 0 Å². The molecule has 4 aliphatic carbocycles. The normalized spacial score (nSPS) is 36.9. The van der Waals surface area contributed by atoms with Crippen molar-refractivity contribution in [2.45, 2.75) is 137 Å². The first-order valence-corrected chi connectivity index (χ1v) is 19.2. The zero-order chi connectivity index (χ0) is 36.2. The topological polar surface area (TPSA) is 140 Å². The molecule has 8 nitrogen and oxygen atoms in total. The fraction of sp³-hybridized carbons (Fsp3) is 0.690. The Morgan fingerprint density at radius 1 is 1.02 bits per heavy atom. The number of pyridine rings is 1. The summed E-state index contributed by atoms with van der Waals surface area (Å²) in [6, 6.07) is 10.4. The third-order valence-corrected chi connectivity index (χ3v) is 14.6. The van der Waals surface area contributed by atoms with Gasteiger partial charge in [0.25, 0.3) is 0 Å². The Kier molecular flexibility index (Phi) is 10.3. The number of carboxylic acid groups (broad SMARTS) is 1. The number of ketones is 1. The number of Topliss-reactive ketones (excluding diaryl/α,β-unsaturated/α-hetero) is 1. The summed E-state index contributed by atoms with van der Waals surface area (Å²) in [5.74, 6) is 0.505. The molecule has 1 aromatic heterocycles. The van der Waals surface area contributed by atoms with Crippen LogP contribution in [0.2, 0.25) is 0 Å². The van der Waals surface area contributed by atoms with Crippen LogP contribution in [0.1, 0.15) is 125 Å². The van der Waals surface area contributed by atoms with Crippen molar-refractivity contribution in [3.05, 3.63) is 58.4 Å². The van der Waals surface area contributed by atoms with E-state index in [-0.39, 0.29) is 58.5 Å². The predicted octanol–water partition coefficient (Wildman–Crippen LogP) is 7.28. The second kappa shape index (κ2) is 14.0. The standard InChI is InChI=1S/C42H60N2O6/c1-24(7-14-37(48)49)31-12-13-32-39-33(21-36(47)41(31,32)6)40(5)17-18-42(50,22-30(40)20-35(39)46)16-15-28-8-10-29(11-9-28)23-43-34-19-25(2)44-26(3)38(34)27(4)45/h8-11,19,24,30-33,35-36,39,46-47,50H,7,12-18,20-23H2,1-6H3,(H,43,44)(H,48,49)/t24?,30?,31-,32?,33?,35-,36+,39?,40+,41-,42-/m1/s1. The zero-order valence-corrected chi connectivity index (χ0v) is 31.0. The molecule has 0 spiro atoms. The Morgan fingerprint density at radius 2 is 1.72 bits per heavy atom. The van der Waals surface area contributed by atoms with Gasteiger partial charge in [-0.2, -0.15) is 0 Å². The van der Waals surface area contributed by atoms with Crippen molar-refractivity contribution in [1.29, 1.82) is 0 Å². The fourth-order valence-corrected chi connectivity index (χ4v) is 11.8. The first kappa shape index (κ1) is 37.0. The van der Waals surface area contributed by atoms with Crippen molar-refractivity contribution in [3.63, 3.8) is 0 Å². The summed E-state index contributed by atoms with van der Waals surface area (Å²) in [6.45, 7) is 12.7. The van der Waals surface area contributed by atoms with Crippen LogP contribution in [-0.4, -0.2) is 55.0 Å². The van der Waals surface area contributed by atoms with Gasteiger partial charge in [0.15, 0.2) is 5.78 Å². The number of benzene rings is 1. The molecule has 11 atom stereocenters. The second-order valence-corrected chi connectivity index (χ2v) is 17.4. The third kappa shape index (κ3) is 6.77.